The highest BCUT2D eigenvalue weighted by Gasteiger charge is 2.21. The minimum atomic E-state index is -0.228. The fourth-order valence-electron chi connectivity index (χ4n) is 3.55. The van der Waals surface area contributed by atoms with E-state index in [0.717, 1.165) is 37.4 Å². The lowest BCUT2D eigenvalue weighted by Crippen LogP contribution is -2.49. The van der Waals surface area contributed by atoms with Crippen LogP contribution in [0.3, 0.4) is 0 Å². The molecule has 0 saturated carbocycles. The van der Waals surface area contributed by atoms with E-state index >= 15 is 0 Å². The zero-order valence-electron chi connectivity index (χ0n) is 17.2. The van der Waals surface area contributed by atoms with Gasteiger partial charge in [0, 0.05) is 51.0 Å². The number of methoxy groups -OCH3 is 2. The van der Waals surface area contributed by atoms with Crippen molar-refractivity contribution in [1.29, 1.82) is 0 Å². The van der Waals surface area contributed by atoms with Gasteiger partial charge in [-0.2, -0.15) is 0 Å². The van der Waals surface area contributed by atoms with Gasteiger partial charge >= 0.3 is 0 Å². The summed E-state index contributed by atoms with van der Waals surface area (Å²) in [6.07, 6.45) is 0. The first-order chi connectivity index (χ1) is 14.0. The van der Waals surface area contributed by atoms with E-state index in [-0.39, 0.29) is 11.7 Å². The molecule has 6 nitrogen and oxygen atoms in total. The Morgan fingerprint density at radius 1 is 1.03 bits per heavy atom. The van der Waals surface area contributed by atoms with Crippen LogP contribution in [0.5, 0.6) is 11.5 Å². The van der Waals surface area contributed by atoms with Gasteiger partial charge in [0.25, 0.3) is 0 Å². The average Bonchev–Trinajstić information content (AvgIpc) is 2.74. The third-order valence-electron chi connectivity index (χ3n) is 5.24. The molecule has 29 heavy (non-hydrogen) atoms. The van der Waals surface area contributed by atoms with Crippen molar-refractivity contribution in [2.45, 2.75) is 6.54 Å². The summed E-state index contributed by atoms with van der Waals surface area (Å²) in [4.78, 5) is 18.8. The summed E-state index contributed by atoms with van der Waals surface area (Å²) < 4.78 is 23.9. The molecule has 1 heterocycles. The molecule has 1 aliphatic rings. The van der Waals surface area contributed by atoms with Gasteiger partial charge in [-0.25, -0.2) is 4.39 Å². The maximum atomic E-state index is 13.1. The Hall–Kier alpha value is -2.80. The molecule has 1 fully saturated rings. The van der Waals surface area contributed by atoms with Crippen LogP contribution in [0.4, 0.5) is 10.1 Å². The molecule has 0 spiro atoms. The Labute approximate surface area is 171 Å². The van der Waals surface area contributed by atoms with Crippen LogP contribution in [-0.4, -0.2) is 69.7 Å². The lowest BCUT2D eigenvalue weighted by atomic mass is 10.1. The van der Waals surface area contributed by atoms with Gasteiger partial charge in [0.05, 0.1) is 20.8 Å². The molecule has 1 aliphatic heterocycles. The highest BCUT2D eigenvalue weighted by molar-refractivity contribution is 5.78. The van der Waals surface area contributed by atoms with Crippen LogP contribution >= 0.6 is 0 Å². The molecule has 0 N–H and O–H groups in total. The Bertz CT molecular complexity index is 821. The van der Waals surface area contributed by atoms with Crippen LogP contribution < -0.4 is 14.4 Å². The number of likely N-dealkylation sites (N-methyl/N-ethyl adjacent to an activating group) is 1. The maximum absolute atomic E-state index is 13.1. The monoisotopic (exact) mass is 401 g/mol. The van der Waals surface area contributed by atoms with Crippen molar-refractivity contribution in [1.82, 2.24) is 9.80 Å². The van der Waals surface area contributed by atoms with Gasteiger partial charge in [0.15, 0.2) is 11.5 Å². The third-order valence-corrected chi connectivity index (χ3v) is 5.24. The van der Waals surface area contributed by atoms with Crippen molar-refractivity contribution in [2.75, 3.05) is 58.9 Å². The van der Waals surface area contributed by atoms with E-state index in [2.05, 4.69) is 9.80 Å². The Balaban J connectivity index is 1.52. The quantitative estimate of drug-likeness (QED) is 0.714. The standard InChI is InChI=1S/C22H28FN3O3/c1-24(15-17-5-4-6-20(28-2)22(17)29-3)21(27)16-25-11-13-26(14-12-25)19-9-7-18(23)8-10-19/h4-10H,11-16H2,1-3H3. The normalized spacial score (nSPS) is 14.6. The molecule has 1 amide bonds. The van der Waals surface area contributed by atoms with E-state index in [9.17, 15) is 9.18 Å². The van der Waals surface area contributed by atoms with Crippen LogP contribution in [0, 0.1) is 5.82 Å². The molecular weight excluding hydrogens is 373 g/mol. The Morgan fingerprint density at radius 3 is 2.34 bits per heavy atom. The molecule has 3 rings (SSSR count). The molecule has 0 bridgehead atoms. The van der Waals surface area contributed by atoms with E-state index in [4.69, 9.17) is 9.47 Å². The number of anilines is 1. The Morgan fingerprint density at radius 2 is 1.72 bits per heavy atom. The first-order valence-electron chi connectivity index (χ1n) is 9.68. The van der Waals surface area contributed by atoms with E-state index in [1.54, 1.807) is 38.3 Å². The zero-order chi connectivity index (χ0) is 20.8. The second kappa shape index (κ2) is 9.60. The molecule has 0 unspecified atom stereocenters. The molecule has 2 aromatic carbocycles. The number of nitrogens with zero attached hydrogens (tertiary/aromatic N) is 3. The maximum Gasteiger partial charge on any atom is 0.236 e. The molecular formula is C22H28FN3O3. The largest absolute Gasteiger partial charge is 0.493 e. The van der Waals surface area contributed by atoms with Crippen LogP contribution in [0.25, 0.3) is 0 Å². The number of piperazine rings is 1. The van der Waals surface area contributed by atoms with Crippen molar-refractivity contribution >= 4 is 11.6 Å². The third kappa shape index (κ3) is 5.17. The topological polar surface area (TPSA) is 45.2 Å². The van der Waals surface area contributed by atoms with Gasteiger partial charge in [0.2, 0.25) is 5.91 Å². The molecule has 0 aromatic heterocycles. The minimum Gasteiger partial charge on any atom is -0.493 e. The summed E-state index contributed by atoms with van der Waals surface area (Å²) in [5, 5.41) is 0. The van der Waals surface area contributed by atoms with Gasteiger partial charge in [-0.15, -0.1) is 0 Å². The van der Waals surface area contributed by atoms with Gasteiger partial charge in [-0.3, -0.25) is 9.69 Å². The van der Waals surface area contributed by atoms with E-state index in [0.29, 0.717) is 24.6 Å². The van der Waals surface area contributed by atoms with Crippen molar-refractivity contribution < 1.29 is 18.7 Å². The SMILES string of the molecule is COc1cccc(CN(C)C(=O)CN2CCN(c3ccc(F)cc3)CC2)c1OC. The van der Waals surface area contributed by atoms with Crippen LogP contribution in [-0.2, 0) is 11.3 Å². The first-order valence-corrected chi connectivity index (χ1v) is 9.68. The van der Waals surface area contributed by atoms with Crippen molar-refractivity contribution in [3.05, 3.63) is 53.8 Å². The number of carbonyl (C=O) groups is 1. The summed E-state index contributed by atoms with van der Waals surface area (Å²) in [5.41, 5.74) is 1.92. The lowest BCUT2D eigenvalue weighted by Gasteiger charge is -2.36. The fraction of sp³-hybridized carbons (Fsp3) is 0.409. The molecule has 0 atom stereocenters. The zero-order valence-corrected chi connectivity index (χ0v) is 17.2. The van der Waals surface area contributed by atoms with Gasteiger partial charge < -0.3 is 19.3 Å². The van der Waals surface area contributed by atoms with Gasteiger partial charge in [0.1, 0.15) is 5.82 Å². The van der Waals surface area contributed by atoms with E-state index in [1.807, 2.05) is 18.2 Å². The fourth-order valence-corrected chi connectivity index (χ4v) is 3.55. The number of halogens is 1. The summed E-state index contributed by atoms with van der Waals surface area (Å²) in [7, 11) is 5.00. The molecule has 0 radical (unpaired) electrons. The predicted molar refractivity (Wildman–Crippen MR) is 111 cm³/mol. The second-order valence-electron chi connectivity index (χ2n) is 7.14. The van der Waals surface area contributed by atoms with E-state index in [1.165, 1.54) is 12.1 Å². The number of ether oxygens (including phenoxy) is 2. The lowest BCUT2D eigenvalue weighted by molar-refractivity contribution is -0.131. The minimum absolute atomic E-state index is 0.0603. The molecule has 156 valence electrons. The summed E-state index contributed by atoms with van der Waals surface area (Å²) >= 11 is 0. The highest BCUT2D eigenvalue weighted by atomic mass is 19.1. The van der Waals surface area contributed by atoms with Crippen molar-refractivity contribution in [3.8, 4) is 11.5 Å². The molecule has 7 heteroatoms. The number of rotatable bonds is 7. The number of hydrogen-bond acceptors (Lipinski definition) is 5. The first kappa shape index (κ1) is 20.9. The Kier molecular flexibility index (Phi) is 6.93. The summed E-state index contributed by atoms with van der Waals surface area (Å²) in [6, 6.07) is 12.2. The molecule has 0 aliphatic carbocycles. The summed E-state index contributed by atoms with van der Waals surface area (Å²) in [6.45, 7) is 4.03. The van der Waals surface area contributed by atoms with E-state index < -0.39 is 0 Å². The number of carbonyl (C=O) groups excluding carboxylic acids is 1. The van der Waals surface area contributed by atoms with Gasteiger partial charge in [-0.05, 0) is 30.3 Å². The molecule has 1 saturated heterocycles. The number of benzene rings is 2. The predicted octanol–water partition coefficient (Wildman–Crippen LogP) is 2.62. The van der Waals surface area contributed by atoms with Crippen LogP contribution in [0.1, 0.15) is 5.56 Å². The number of hydrogen-bond donors (Lipinski definition) is 0. The van der Waals surface area contributed by atoms with Gasteiger partial charge in [-0.1, -0.05) is 12.1 Å². The molecule has 2 aromatic rings. The number of amides is 1. The highest BCUT2D eigenvalue weighted by Crippen LogP contribution is 2.31. The van der Waals surface area contributed by atoms with Crippen LogP contribution in [0.2, 0.25) is 0 Å². The van der Waals surface area contributed by atoms with Crippen molar-refractivity contribution in [3.63, 3.8) is 0 Å². The van der Waals surface area contributed by atoms with Crippen LogP contribution in [0.15, 0.2) is 42.5 Å². The smallest absolute Gasteiger partial charge is 0.236 e. The summed E-state index contributed by atoms with van der Waals surface area (Å²) in [5.74, 6) is 1.14. The number of para-hydroxylation sites is 1. The average molecular weight is 401 g/mol. The van der Waals surface area contributed by atoms with Crippen molar-refractivity contribution in [2.24, 2.45) is 0 Å². The second-order valence-corrected chi connectivity index (χ2v) is 7.14.